The van der Waals surface area contributed by atoms with E-state index in [9.17, 15) is 0 Å². The van der Waals surface area contributed by atoms with Crippen LogP contribution in [0.5, 0.6) is 0 Å². The van der Waals surface area contributed by atoms with Gasteiger partial charge in [0.05, 0.1) is 13.2 Å². The van der Waals surface area contributed by atoms with Crippen molar-refractivity contribution in [3.8, 4) is 0 Å². The average molecular weight is 147 g/mol. The summed E-state index contributed by atoms with van der Waals surface area (Å²) in [6, 6.07) is 0. The summed E-state index contributed by atoms with van der Waals surface area (Å²) in [5, 5.41) is 0. The fraction of sp³-hybridized carbons (Fsp3) is 0.800. The van der Waals surface area contributed by atoms with E-state index >= 15 is 0 Å². The maximum atomic E-state index is 5.15. The molecular weight excluding hydrogens is 136 g/mol. The van der Waals surface area contributed by atoms with Crippen LogP contribution < -0.4 is 0 Å². The highest BCUT2D eigenvalue weighted by molar-refractivity contribution is 6.17. The summed E-state index contributed by atoms with van der Waals surface area (Å²) in [4.78, 5) is 0. The fourth-order valence-electron chi connectivity index (χ4n) is 0.462. The van der Waals surface area contributed by atoms with Crippen molar-refractivity contribution in [2.45, 2.75) is 6.10 Å². The number of epoxide rings is 1. The number of rotatable bonds is 5. The highest BCUT2D eigenvalue weighted by Crippen LogP contribution is 2.07. The van der Waals surface area contributed by atoms with Crippen LogP contribution in [-0.4, -0.2) is 35.9 Å². The Hall–Kier alpha value is 0.0969. The molecule has 1 heterocycles. The van der Waals surface area contributed by atoms with Gasteiger partial charge in [-0.1, -0.05) is 0 Å². The van der Waals surface area contributed by atoms with E-state index in [-0.39, 0.29) is 0 Å². The maximum Gasteiger partial charge on any atom is 0.304 e. The van der Waals surface area contributed by atoms with Crippen molar-refractivity contribution in [3.63, 3.8) is 0 Å². The predicted octanol–water partition coefficient (Wildman–Crippen LogP) is -0.749. The Morgan fingerprint density at radius 2 is 2.44 bits per heavy atom. The Morgan fingerprint density at radius 3 is 3.00 bits per heavy atom. The molecule has 53 valence electrons. The minimum Gasteiger partial charge on any atom is -0.399 e. The second-order valence-corrected chi connectivity index (χ2v) is 2.90. The molecule has 1 fully saturated rings. The number of hydrogen-bond acceptors (Lipinski definition) is 3. The smallest absolute Gasteiger partial charge is 0.304 e. The first kappa shape index (κ1) is 7.21. The first-order valence-corrected chi connectivity index (χ1v) is 4.15. The molecule has 9 heavy (non-hydrogen) atoms. The van der Waals surface area contributed by atoms with Crippen molar-refractivity contribution >= 4 is 10.0 Å². The van der Waals surface area contributed by atoms with Gasteiger partial charge in [-0.15, -0.1) is 0 Å². The first-order valence-electron chi connectivity index (χ1n) is 3.00. The van der Waals surface area contributed by atoms with E-state index in [2.05, 4.69) is 6.92 Å². The zero-order chi connectivity index (χ0) is 6.53. The minimum atomic E-state index is -0.734. The van der Waals surface area contributed by atoms with Gasteiger partial charge in [0, 0.05) is 6.61 Å². The van der Waals surface area contributed by atoms with E-state index in [1.165, 1.54) is 0 Å². The third kappa shape index (κ3) is 3.64. The van der Waals surface area contributed by atoms with Crippen molar-refractivity contribution in [2.75, 3.05) is 19.8 Å². The summed E-state index contributed by atoms with van der Waals surface area (Å²) < 4.78 is 15.0. The third-order valence-corrected chi connectivity index (χ3v) is 1.87. The number of hydrogen-bond donors (Lipinski definition) is 0. The molecule has 0 amide bonds. The maximum absolute atomic E-state index is 5.15. The van der Waals surface area contributed by atoms with Crippen LogP contribution in [0.2, 0.25) is 0 Å². The number of ether oxygens (including phenoxy) is 1. The van der Waals surface area contributed by atoms with Crippen LogP contribution in [0, 0.1) is 6.92 Å². The summed E-state index contributed by atoms with van der Waals surface area (Å²) >= 11 is 0. The van der Waals surface area contributed by atoms with Crippen molar-refractivity contribution in [1.82, 2.24) is 0 Å². The van der Waals surface area contributed by atoms with Gasteiger partial charge in [0.2, 0.25) is 0 Å². The summed E-state index contributed by atoms with van der Waals surface area (Å²) in [5.74, 6) is 0. The standard InChI is InChI=1S/C5H11O3Si/c1-2-7-9-8-4-5-3-6-5/h5H,1-4,9H2. The van der Waals surface area contributed by atoms with Crippen molar-refractivity contribution in [2.24, 2.45) is 0 Å². The molecule has 1 aliphatic rings. The van der Waals surface area contributed by atoms with Crippen LogP contribution >= 0.6 is 0 Å². The van der Waals surface area contributed by atoms with Crippen LogP contribution in [-0.2, 0) is 13.6 Å². The second kappa shape index (κ2) is 4.00. The predicted molar refractivity (Wildman–Crippen MR) is 35.5 cm³/mol. The Labute approximate surface area is 57.4 Å². The normalized spacial score (nSPS) is 25.7. The van der Waals surface area contributed by atoms with E-state index in [0.717, 1.165) is 6.61 Å². The molecule has 0 bridgehead atoms. The molecule has 1 aliphatic heterocycles. The fourth-order valence-corrected chi connectivity index (χ4v) is 1.06. The molecule has 0 aromatic heterocycles. The van der Waals surface area contributed by atoms with Gasteiger partial charge in [-0.3, -0.25) is 0 Å². The second-order valence-electron chi connectivity index (χ2n) is 1.85. The van der Waals surface area contributed by atoms with Gasteiger partial charge in [-0.25, -0.2) is 0 Å². The zero-order valence-corrected chi connectivity index (χ0v) is 6.75. The summed E-state index contributed by atoms with van der Waals surface area (Å²) in [5.41, 5.74) is 0. The lowest BCUT2D eigenvalue weighted by Crippen LogP contribution is -2.08. The van der Waals surface area contributed by atoms with Gasteiger partial charge < -0.3 is 13.6 Å². The SMILES string of the molecule is [CH2]CO[SiH2]OCC1CO1. The lowest BCUT2D eigenvalue weighted by molar-refractivity contribution is 0.214. The van der Waals surface area contributed by atoms with E-state index in [1.54, 1.807) is 0 Å². The van der Waals surface area contributed by atoms with Crippen LogP contribution in [0.3, 0.4) is 0 Å². The molecule has 0 spiro atoms. The quantitative estimate of drug-likeness (QED) is 0.291. The molecule has 0 aromatic rings. The highest BCUT2D eigenvalue weighted by atomic mass is 28.3. The van der Waals surface area contributed by atoms with Crippen LogP contribution in [0.1, 0.15) is 0 Å². The van der Waals surface area contributed by atoms with Gasteiger partial charge in [0.15, 0.2) is 0 Å². The first-order chi connectivity index (χ1) is 4.43. The largest absolute Gasteiger partial charge is 0.399 e. The van der Waals surface area contributed by atoms with E-state index in [4.69, 9.17) is 13.6 Å². The molecule has 0 saturated carbocycles. The summed E-state index contributed by atoms with van der Waals surface area (Å²) in [7, 11) is -0.734. The molecule has 4 heteroatoms. The van der Waals surface area contributed by atoms with Gasteiger partial charge in [0.1, 0.15) is 6.10 Å². The summed E-state index contributed by atoms with van der Waals surface area (Å²) in [6.07, 6.45) is 0.367. The van der Waals surface area contributed by atoms with Gasteiger partial charge >= 0.3 is 10.0 Å². The molecule has 0 aromatic carbocycles. The van der Waals surface area contributed by atoms with Gasteiger partial charge in [-0.2, -0.15) is 0 Å². The molecule has 1 rings (SSSR count). The Kier molecular flexibility index (Phi) is 3.20. The molecule has 1 radical (unpaired) electrons. The van der Waals surface area contributed by atoms with Crippen molar-refractivity contribution < 1.29 is 13.6 Å². The molecule has 1 unspecified atom stereocenters. The molecule has 0 aliphatic carbocycles. The van der Waals surface area contributed by atoms with Crippen LogP contribution in [0.25, 0.3) is 0 Å². The van der Waals surface area contributed by atoms with Crippen LogP contribution in [0.4, 0.5) is 0 Å². The molecule has 0 N–H and O–H groups in total. The lowest BCUT2D eigenvalue weighted by atomic mass is 10.5. The van der Waals surface area contributed by atoms with Gasteiger partial charge in [0.25, 0.3) is 0 Å². The molecular formula is C5H11O3Si. The average Bonchev–Trinajstić information content (AvgIpc) is 2.63. The van der Waals surface area contributed by atoms with E-state index in [1.807, 2.05) is 0 Å². The highest BCUT2D eigenvalue weighted by Gasteiger charge is 2.21. The third-order valence-electron chi connectivity index (χ3n) is 1.02. The van der Waals surface area contributed by atoms with Crippen molar-refractivity contribution in [1.29, 1.82) is 0 Å². The zero-order valence-electron chi connectivity index (χ0n) is 5.34. The Morgan fingerprint density at radius 1 is 1.67 bits per heavy atom. The van der Waals surface area contributed by atoms with E-state index in [0.29, 0.717) is 19.3 Å². The van der Waals surface area contributed by atoms with Crippen molar-refractivity contribution in [3.05, 3.63) is 6.92 Å². The monoisotopic (exact) mass is 147 g/mol. The minimum absolute atomic E-state index is 0.367. The topological polar surface area (TPSA) is 31.0 Å². The molecule has 3 nitrogen and oxygen atoms in total. The Balaban J connectivity index is 1.71. The lowest BCUT2D eigenvalue weighted by Gasteiger charge is -1.98. The van der Waals surface area contributed by atoms with Gasteiger partial charge in [-0.05, 0) is 6.92 Å². The summed E-state index contributed by atoms with van der Waals surface area (Å²) in [6.45, 7) is 5.62. The molecule has 1 atom stereocenters. The van der Waals surface area contributed by atoms with Crippen LogP contribution in [0.15, 0.2) is 0 Å². The van der Waals surface area contributed by atoms with E-state index < -0.39 is 10.0 Å². The Bertz CT molecular complexity index is 74.6. The molecule has 1 saturated heterocycles.